The molecule has 15 heavy (non-hydrogen) atoms. The molecule has 0 saturated carbocycles. The van der Waals surface area contributed by atoms with Gasteiger partial charge in [-0.2, -0.15) is 0 Å². The second-order valence-corrected chi connectivity index (χ2v) is 4.27. The van der Waals surface area contributed by atoms with Gasteiger partial charge < -0.3 is 11.1 Å². The maximum absolute atomic E-state index is 10.6. The SMILES string of the molecule is CC(C)(C)Nc1cc([N+](=O)[O-])cc(N)n1. The van der Waals surface area contributed by atoms with Crippen LogP contribution in [0.4, 0.5) is 17.3 Å². The number of anilines is 2. The average Bonchev–Trinajstić information content (AvgIpc) is 1.99. The van der Waals surface area contributed by atoms with Crippen molar-refractivity contribution in [3.63, 3.8) is 0 Å². The lowest BCUT2D eigenvalue weighted by molar-refractivity contribution is -0.384. The molecule has 0 saturated heterocycles. The molecule has 0 aliphatic carbocycles. The second-order valence-electron chi connectivity index (χ2n) is 4.27. The molecule has 6 heteroatoms. The van der Waals surface area contributed by atoms with Gasteiger partial charge in [0.1, 0.15) is 11.6 Å². The molecule has 0 spiro atoms. The van der Waals surface area contributed by atoms with Gasteiger partial charge in [0.2, 0.25) is 0 Å². The number of nitro groups is 1. The second kappa shape index (κ2) is 3.72. The van der Waals surface area contributed by atoms with Crippen molar-refractivity contribution < 1.29 is 4.92 Å². The molecule has 6 nitrogen and oxygen atoms in total. The number of aromatic nitrogens is 1. The van der Waals surface area contributed by atoms with Crippen LogP contribution < -0.4 is 11.1 Å². The highest BCUT2D eigenvalue weighted by Gasteiger charge is 2.14. The van der Waals surface area contributed by atoms with Gasteiger partial charge in [0.05, 0.1) is 17.1 Å². The summed E-state index contributed by atoms with van der Waals surface area (Å²) in [6, 6.07) is 2.59. The van der Waals surface area contributed by atoms with Crippen molar-refractivity contribution in [3.8, 4) is 0 Å². The standard InChI is InChI=1S/C9H14N4O2/c1-9(2,3)12-8-5-6(13(14)15)4-7(10)11-8/h4-5H,1-3H3,(H3,10,11,12). The highest BCUT2D eigenvalue weighted by Crippen LogP contribution is 2.21. The van der Waals surface area contributed by atoms with E-state index >= 15 is 0 Å². The van der Waals surface area contributed by atoms with Crippen molar-refractivity contribution in [1.82, 2.24) is 4.98 Å². The van der Waals surface area contributed by atoms with Crippen LogP contribution in [0.1, 0.15) is 20.8 Å². The van der Waals surface area contributed by atoms with Gasteiger partial charge in [0.25, 0.3) is 5.69 Å². The topological polar surface area (TPSA) is 94.1 Å². The summed E-state index contributed by atoms with van der Waals surface area (Å²) in [5.74, 6) is 0.546. The Morgan fingerprint density at radius 2 is 2.07 bits per heavy atom. The molecule has 0 aliphatic heterocycles. The average molecular weight is 210 g/mol. The van der Waals surface area contributed by atoms with Gasteiger partial charge in [0.15, 0.2) is 0 Å². The third-order valence-corrected chi connectivity index (χ3v) is 1.54. The molecule has 82 valence electrons. The number of nitrogen functional groups attached to an aromatic ring is 1. The van der Waals surface area contributed by atoms with Crippen LogP contribution in [0.15, 0.2) is 12.1 Å². The summed E-state index contributed by atoms with van der Waals surface area (Å²) in [4.78, 5) is 14.0. The van der Waals surface area contributed by atoms with Gasteiger partial charge in [-0.05, 0) is 20.8 Å². The number of nitrogens with two attached hydrogens (primary N) is 1. The summed E-state index contributed by atoms with van der Waals surface area (Å²) in [6.45, 7) is 5.80. The van der Waals surface area contributed by atoms with Gasteiger partial charge in [-0.3, -0.25) is 10.1 Å². The third kappa shape index (κ3) is 3.41. The van der Waals surface area contributed by atoms with Crippen molar-refractivity contribution in [2.24, 2.45) is 0 Å². The molecular formula is C9H14N4O2. The molecule has 0 atom stereocenters. The fourth-order valence-electron chi connectivity index (χ4n) is 1.09. The van der Waals surface area contributed by atoms with E-state index in [1.165, 1.54) is 12.1 Å². The Balaban J connectivity index is 3.04. The van der Waals surface area contributed by atoms with E-state index in [1.54, 1.807) is 0 Å². The van der Waals surface area contributed by atoms with E-state index in [-0.39, 0.29) is 17.0 Å². The van der Waals surface area contributed by atoms with Crippen LogP contribution in [-0.2, 0) is 0 Å². The first-order valence-corrected chi connectivity index (χ1v) is 4.48. The molecule has 1 aromatic rings. The summed E-state index contributed by atoms with van der Waals surface area (Å²) in [6.07, 6.45) is 0. The van der Waals surface area contributed by atoms with Gasteiger partial charge in [-0.25, -0.2) is 4.98 Å². The summed E-state index contributed by atoms with van der Waals surface area (Å²) < 4.78 is 0. The highest BCUT2D eigenvalue weighted by molar-refractivity contribution is 5.53. The van der Waals surface area contributed by atoms with E-state index in [0.717, 1.165) is 0 Å². The van der Waals surface area contributed by atoms with Crippen LogP contribution in [0.5, 0.6) is 0 Å². The Morgan fingerprint density at radius 3 is 2.53 bits per heavy atom. The zero-order valence-electron chi connectivity index (χ0n) is 8.94. The predicted molar refractivity (Wildman–Crippen MR) is 58.7 cm³/mol. The van der Waals surface area contributed by atoms with Gasteiger partial charge in [-0.15, -0.1) is 0 Å². The zero-order valence-corrected chi connectivity index (χ0v) is 8.94. The molecule has 0 bridgehead atoms. The molecule has 1 aromatic heterocycles. The highest BCUT2D eigenvalue weighted by atomic mass is 16.6. The van der Waals surface area contributed by atoms with E-state index < -0.39 is 4.92 Å². The van der Waals surface area contributed by atoms with E-state index in [1.807, 2.05) is 20.8 Å². The van der Waals surface area contributed by atoms with Crippen LogP contribution in [0.3, 0.4) is 0 Å². The quantitative estimate of drug-likeness (QED) is 0.573. The first-order chi connectivity index (χ1) is 6.78. The number of rotatable bonds is 2. The summed E-state index contributed by atoms with van der Waals surface area (Å²) in [5.41, 5.74) is 5.19. The Labute approximate surface area is 87.7 Å². The monoisotopic (exact) mass is 210 g/mol. The molecule has 1 heterocycles. The van der Waals surface area contributed by atoms with Crippen molar-refractivity contribution in [3.05, 3.63) is 22.2 Å². The minimum Gasteiger partial charge on any atom is -0.383 e. The normalized spacial score (nSPS) is 11.1. The van der Waals surface area contributed by atoms with E-state index in [0.29, 0.717) is 5.82 Å². The molecule has 0 aliphatic rings. The van der Waals surface area contributed by atoms with E-state index in [4.69, 9.17) is 5.73 Å². The summed E-state index contributed by atoms with van der Waals surface area (Å²) in [7, 11) is 0. The van der Waals surface area contributed by atoms with Crippen molar-refractivity contribution in [1.29, 1.82) is 0 Å². The first kappa shape index (κ1) is 11.2. The van der Waals surface area contributed by atoms with Crippen LogP contribution >= 0.6 is 0 Å². The maximum Gasteiger partial charge on any atom is 0.276 e. The lowest BCUT2D eigenvalue weighted by Crippen LogP contribution is -2.26. The third-order valence-electron chi connectivity index (χ3n) is 1.54. The number of hydrogen-bond donors (Lipinski definition) is 2. The lowest BCUT2D eigenvalue weighted by atomic mass is 10.1. The Bertz CT molecular complexity index is 384. The van der Waals surface area contributed by atoms with Gasteiger partial charge in [-0.1, -0.05) is 0 Å². The van der Waals surface area contributed by atoms with Gasteiger partial charge >= 0.3 is 0 Å². The van der Waals surface area contributed by atoms with Crippen molar-refractivity contribution in [2.75, 3.05) is 11.1 Å². The molecule has 0 radical (unpaired) electrons. The van der Waals surface area contributed by atoms with E-state index in [9.17, 15) is 10.1 Å². The first-order valence-electron chi connectivity index (χ1n) is 4.48. The minimum absolute atomic E-state index is 0.0609. The number of nitrogens with one attached hydrogen (secondary N) is 1. The summed E-state index contributed by atoms with van der Waals surface area (Å²) >= 11 is 0. The zero-order chi connectivity index (χ0) is 11.6. The number of nitrogens with zero attached hydrogens (tertiary/aromatic N) is 2. The maximum atomic E-state index is 10.6. The smallest absolute Gasteiger partial charge is 0.276 e. The Hall–Kier alpha value is -1.85. The molecule has 0 amide bonds. The van der Waals surface area contributed by atoms with Crippen LogP contribution in [-0.4, -0.2) is 15.4 Å². The molecule has 3 N–H and O–H groups in total. The van der Waals surface area contributed by atoms with Crippen LogP contribution in [0.2, 0.25) is 0 Å². The van der Waals surface area contributed by atoms with Crippen LogP contribution in [0.25, 0.3) is 0 Å². The molecule has 0 aromatic carbocycles. The Morgan fingerprint density at radius 1 is 1.47 bits per heavy atom. The summed E-state index contributed by atoms with van der Waals surface area (Å²) in [5, 5.41) is 13.6. The predicted octanol–water partition coefficient (Wildman–Crippen LogP) is 1.78. The molecular weight excluding hydrogens is 196 g/mol. The molecule has 0 unspecified atom stereocenters. The van der Waals surface area contributed by atoms with Gasteiger partial charge in [0, 0.05) is 5.54 Å². The van der Waals surface area contributed by atoms with Crippen molar-refractivity contribution >= 4 is 17.3 Å². The molecule has 0 fully saturated rings. The number of pyridine rings is 1. The Kier molecular flexibility index (Phi) is 2.78. The van der Waals surface area contributed by atoms with Crippen LogP contribution in [0, 0.1) is 10.1 Å². The minimum atomic E-state index is -0.494. The molecule has 1 rings (SSSR count). The fraction of sp³-hybridized carbons (Fsp3) is 0.444. The van der Waals surface area contributed by atoms with E-state index in [2.05, 4.69) is 10.3 Å². The fourth-order valence-corrected chi connectivity index (χ4v) is 1.09. The number of hydrogen-bond acceptors (Lipinski definition) is 5. The lowest BCUT2D eigenvalue weighted by Gasteiger charge is -2.21. The largest absolute Gasteiger partial charge is 0.383 e. The van der Waals surface area contributed by atoms with Crippen molar-refractivity contribution in [2.45, 2.75) is 26.3 Å².